The monoisotopic (exact) mass is 540 g/mol. The summed E-state index contributed by atoms with van der Waals surface area (Å²) in [6, 6.07) is 12.9. The normalized spacial score (nSPS) is 16.5. The van der Waals surface area contributed by atoms with Gasteiger partial charge in [0.25, 0.3) is 0 Å². The van der Waals surface area contributed by atoms with E-state index in [4.69, 9.17) is 0 Å². The molecule has 0 spiro atoms. The second-order valence-corrected chi connectivity index (χ2v) is 12.4. The summed E-state index contributed by atoms with van der Waals surface area (Å²) in [4.78, 5) is 19.6. The number of hydrogen-bond acceptors (Lipinski definition) is 5. The lowest BCUT2D eigenvalue weighted by molar-refractivity contribution is 0.103. The fraction of sp³-hybridized carbons (Fsp3) is 0.364. The summed E-state index contributed by atoms with van der Waals surface area (Å²) in [7, 11) is 0. The minimum Gasteiger partial charge on any atom is -0.299 e. The number of nitrogens with zero attached hydrogens (tertiary/aromatic N) is 2. The fourth-order valence-electron chi connectivity index (χ4n) is 6.30. The highest BCUT2D eigenvalue weighted by Crippen LogP contribution is 2.38. The van der Waals surface area contributed by atoms with E-state index in [1.54, 1.807) is 22.7 Å². The van der Waals surface area contributed by atoms with Crippen LogP contribution in [0.5, 0.6) is 0 Å². The minimum absolute atomic E-state index is 0.124. The Balaban J connectivity index is 1.44. The Morgan fingerprint density at radius 1 is 0.658 bits per heavy atom. The van der Waals surface area contributed by atoms with E-state index in [0.717, 1.165) is 46.5 Å². The molecule has 4 aromatic rings. The zero-order chi connectivity index (χ0) is 26.1. The van der Waals surface area contributed by atoms with Gasteiger partial charge in [0.1, 0.15) is 0 Å². The molecule has 0 amide bonds. The summed E-state index contributed by atoms with van der Waals surface area (Å²) in [6.45, 7) is 11.0. The van der Waals surface area contributed by atoms with Gasteiger partial charge in [-0.3, -0.25) is 14.6 Å². The van der Waals surface area contributed by atoms with Gasteiger partial charge in [-0.15, -0.1) is 0 Å². The van der Waals surface area contributed by atoms with Crippen molar-refractivity contribution in [2.24, 2.45) is 0 Å². The largest absolute Gasteiger partial charge is 0.299 e. The lowest BCUT2D eigenvalue weighted by atomic mass is 9.85. The number of ketones is 1. The molecule has 2 aliphatic rings. The van der Waals surface area contributed by atoms with Gasteiger partial charge in [-0.2, -0.15) is 22.7 Å². The molecular formula is C33H36N2OS2. The van der Waals surface area contributed by atoms with E-state index in [-0.39, 0.29) is 5.78 Å². The minimum atomic E-state index is 0.124. The summed E-state index contributed by atoms with van der Waals surface area (Å²) < 4.78 is 0. The van der Waals surface area contributed by atoms with Gasteiger partial charge in [0.05, 0.1) is 0 Å². The summed E-state index contributed by atoms with van der Waals surface area (Å²) in [6.07, 6.45) is 5.13. The Bertz CT molecular complexity index is 1300. The molecule has 6 rings (SSSR count). The molecule has 2 aromatic heterocycles. The quantitative estimate of drug-likeness (QED) is 0.211. The number of rotatable bonds is 8. The van der Waals surface area contributed by atoms with E-state index in [0.29, 0.717) is 0 Å². The van der Waals surface area contributed by atoms with Gasteiger partial charge in [-0.1, -0.05) is 24.3 Å². The zero-order valence-corrected chi connectivity index (χ0v) is 24.1. The second-order valence-electron chi connectivity index (χ2n) is 10.9. The van der Waals surface area contributed by atoms with Crippen molar-refractivity contribution >= 4 is 28.5 Å². The van der Waals surface area contributed by atoms with Crippen LogP contribution < -0.4 is 0 Å². The summed E-state index contributed by atoms with van der Waals surface area (Å²) in [5, 5.41) is 8.60. The predicted octanol–water partition coefficient (Wildman–Crippen LogP) is 8.18. The third-order valence-electron chi connectivity index (χ3n) is 8.45. The molecule has 0 N–H and O–H groups in total. The van der Waals surface area contributed by atoms with Gasteiger partial charge in [-0.25, -0.2) is 0 Å². The van der Waals surface area contributed by atoms with Crippen LogP contribution in [0.3, 0.4) is 0 Å². The molecule has 2 aromatic carbocycles. The number of carbonyl (C=O) groups is 1. The van der Waals surface area contributed by atoms with Crippen LogP contribution in [0, 0.1) is 13.8 Å². The average molecular weight is 541 g/mol. The third-order valence-corrected chi connectivity index (χ3v) is 9.82. The average Bonchev–Trinajstić information content (AvgIpc) is 3.75. The molecule has 0 saturated carbocycles. The molecule has 196 valence electrons. The molecule has 0 bridgehead atoms. The topological polar surface area (TPSA) is 23.6 Å². The van der Waals surface area contributed by atoms with Crippen molar-refractivity contribution in [3.8, 4) is 22.3 Å². The zero-order valence-electron chi connectivity index (χ0n) is 22.5. The van der Waals surface area contributed by atoms with Crippen molar-refractivity contribution in [1.29, 1.82) is 0 Å². The van der Waals surface area contributed by atoms with Crippen LogP contribution >= 0.6 is 22.7 Å². The van der Waals surface area contributed by atoms with Crippen LogP contribution in [0.1, 0.15) is 63.9 Å². The second kappa shape index (κ2) is 11.3. The molecule has 4 heterocycles. The number of benzene rings is 2. The Kier molecular flexibility index (Phi) is 7.62. The van der Waals surface area contributed by atoms with Gasteiger partial charge in [-0.05, 0) is 144 Å². The fourth-order valence-corrected chi connectivity index (χ4v) is 7.59. The van der Waals surface area contributed by atoms with Crippen molar-refractivity contribution in [2.45, 2.75) is 52.6 Å². The first kappa shape index (κ1) is 25.7. The Morgan fingerprint density at radius 3 is 1.45 bits per heavy atom. The molecule has 0 atom stereocenters. The smallest absolute Gasteiger partial charge is 0.194 e. The number of hydrogen-bond donors (Lipinski definition) is 0. The summed E-state index contributed by atoms with van der Waals surface area (Å²) >= 11 is 3.39. The molecule has 0 aliphatic carbocycles. The van der Waals surface area contributed by atoms with Crippen molar-refractivity contribution in [3.05, 3.63) is 91.3 Å². The first-order valence-corrected chi connectivity index (χ1v) is 15.8. The van der Waals surface area contributed by atoms with E-state index in [1.165, 1.54) is 74.1 Å². The predicted molar refractivity (Wildman–Crippen MR) is 161 cm³/mol. The molecule has 0 radical (unpaired) electrons. The molecule has 5 heteroatoms. The van der Waals surface area contributed by atoms with Crippen molar-refractivity contribution in [3.63, 3.8) is 0 Å². The number of carbonyl (C=O) groups excluding carboxylic acids is 1. The molecule has 0 unspecified atom stereocenters. The van der Waals surface area contributed by atoms with Crippen LogP contribution in [-0.4, -0.2) is 41.8 Å². The van der Waals surface area contributed by atoms with Crippen molar-refractivity contribution in [2.75, 3.05) is 26.2 Å². The van der Waals surface area contributed by atoms with Gasteiger partial charge in [0.2, 0.25) is 0 Å². The van der Waals surface area contributed by atoms with Gasteiger partial charge in [0.15, 0.2) is 5.78 Å². The highest BCUT2D eigenvalue weighted by molar-refractivity contribution is 7.08. The Morgan fingerprint density at radius 2 is 1.08 bits per heavy atom. The summed E-state index contributed by atoms with van der Waals surface area (Å²) in [5.74, 6) is 0.124. The maximum absolute atomic E-state index is 14.5. The van der Waals surface area contributed by atoms with Gasteiger partial charge < -0.3 is 0 Å². The van der Waals surface area contributed by atoms with Crippen LogP contribution in [0.4, 0.5) is 0 Å². The molecule has 2 saturated heterocycles. The third kappa shape index (κ3) is 5.05. The van der Waals surface area contributed by atoms with Crippen molar-refractivity contribution < 1.29 is 4.79 Å². The van der Waals surface area contributed by atoms with Crippen molar-refractivity contribution in [1.82, 2.24) is 9.80 Å². The van der Waals surface area contributed by atoms with Gasteiger partial charge in [0, 0.05) is 24.2 Å². The van der Waals surface area contributed by atoms with Crippen LogP contribution in [0.15, 0.2) is 57.9 Å². The lowest BCUT2D eigenvalue weighted by Crippen LogP contribution is -2.20. The van der Waals surface area contributed by atoms with E-state index < -0.39 is 0 Å². The molecule has 2 fully saturated rings. The molecule has 38 heavy (non-hydrogen) atoms. The highest BCUT2D eigenvalue weighted by Gasteiger charge is 2.25. The highest BCUT2D eigenvalue weighted by atomic mass is 32.1. The van der Waals surface area contributed by atoms with Crippen LogP contribution in [-0.2, 0) is 13.1 Å². The van der Waals surface area contributed by atoms with E-state index in [9.17, 15) is 4.79 Å². The first-order chi connectivity index (χ1) is 18.6. The first-order valence-electron chi connectivity index (χ1n) is 13.9. The van der Waals surface area contributed by atoms with Gasteiger partial charge >= 0.3 is 0 Å². The van der Waals surface area contributed by atoms with Crippen LogP contribution in [0.2, 0.25) is 0 Å². The molecule has 2 aliphatic heterocycles. The standard InChI is InChI=1S/C33H36N2OS2/c1-23-25(19-34-13-3-4-14-34)7-9-29(31(23)27-11-17-37-21-27)33(36)30-10-8-26(20-35-15-5-6-16-35)24(2)32(30)28-12-18-38-22-28/h7-12,17-18,21-22H,3-6,13-16,19-20H2,1-2H3. The number of likely N-dealkylation sites (tertiary alicyclic amines) is 2. The number of thiophene rings is 2. The van der Waals surface area contributed by atoms with E-state index in [2.05, 4.69) is 81.6 Å². The Labute approximate surface area is 234 Å². The van der Waals surface area contributed by atoms with E-state index >= 15 is 0 Å². The van der Waals surface area contributed by atoms with Crippen LogP contribution in [0.25, 0.3) is 22.3 Å². The van der Waals surface area contributed by atoms with E-state index in [1.807, 2.05) is 0 Å². The maximum atomic E-state index is 14.5. The lowest BCUT2D eigenvalue weighted by Gasteiger charge is -2.22. The summed E-state index contributed by atoms with van der Waals surface area (Å²) in [5.41, 5.74) is 11.3. The SMILES string of the molecule is Cc1c(CN2CCCC2)ccc(C(=O)c2ccc(CN3CCCC3)c(C)c2-c2ccsc2)c1-c1ccsc1. The molecule has 3 nitrogen and oxygen atoms in total. The maximum Gasteiger partial charge on any atom is 0.194 e. The molecular weight excluding hydrogens is 505 g/mol. The Hall–Kier alpha value is -2.57.